The Balaban J connectivity index is 1.79. The molecular weight excluding hydrogens is 316 g/mol. The Morgan fingerprint density at radius 2 is 2.08 bits per heavy atom. The van der Waals surface area contributed by atoms with E-state index in [0.29, 0.717) is 19.5 Å². The number of urea groups is 1. The molecule has 2 aromatic heterocycles. The number of hydrogen-bond donors (Lipinski definition) is 3. The van der Waals surface area contributed by atoms with Crippen LogP contribution >= 0.6 is 0 Å². The molecule has 0 fully saturated rings. The number of aromatic nitrogens is 2. The van der Waals surface area contributed by atoms with Crippen LogP contribution in [-0.4, -0.2) is 39.7 Å². The predicted molar refractivity (Wildman–Crippen MR) is 99.7 cm³/mol. The number of amides is 2. The molecule has 0 saturated carbocycles. The van der Waals surface area contributed by atoms with Gasteiger partial charge in [-0.15, -0.1) is 0 Å². The number of pyridine rings is 1. The molecule has 25 heavy (non-hydrogen) atoms. The van der Waals surface area contributed by atoms with Crippen molar-refractivity contribution in [2.45, 2.75) is 47.1 Å². The Bertz CT molecular complexity index is 721. The molecule has 1 atom stereocenters. The number of carbonyl (C=O) groups excluding carboxylic acids is 1. The minimum absolute atomic E-state index is 0.151. The maximum Gasteiger partial charge on any atom is 0.314 e. The summed E-state index contributed by atoms with van der Waals surface area (Å²) >= 11 is 0. The fourth-order valence-corrected chi connectivity index (χ4v) is 3.01. The minimum Gasteiger partial charge on any atom is -0.392 e. The van der Waals surface area contributed by atoms with Gasteiger partial charge < -0.3 is 20.1 Å². The Kier molecular flexibility index (Phi) is 6.06. The summed E-state index contributed by atoms with van der Waals surface area (Å²) in [7, 11) is 0. The fourth-order valence-electron chi connectivity index (χ4n) is 3.01. The highest BCUT2D eigenvalue weighted by Gasteiger charge is 2.30. The highest BCUT2D eigenvalue weighted by molar-refractivity contribution is 5.73. The molecule has 2 amide bonds. The van der Waals surface area contributed by atoms with Crippen LogP contribution in [0.2, 0.25) is 0 Å². The molecule has 0 radical (unpaired) electrons. The summed E-state index contributed by atoms with van der Waals surface area (Å²) in [6.07, 6.45) is 4.17. The van der Waals surface area contributed by atoms with Crippen molar-refractivity contribution in [2.75, 3.05) is 13.1 Å². The van der Waals surface area contributed by atoms with E-state index in [1.165, 1.54) is 0 Å². The third-order valence-electron chi connectivity index (χ3n) is 4.53. The molecule has 2 heterocycles. The lowest BCUT2D eigenvalue weighted by atomic mass is 9.81. The summed E-state index contributed by atoms with van der Waals surface area (Å²) < 4.78 is 2.00. The van der Waals surface area contributed by atoms with Crippen molar-refractivity contribution in [2.24, 2.45) is 11.3 Å². The van der Waals surface area contributed by atoms with Gasteiger partial charge in [0, 0.05) is 37.3 Å². The summed E-state index contributed by atoms with van der Waals surface area (Å²) in [5, 5.41) is 15.9. The van der Waals surface area contributed by atoms with Gasteiger partial charge in [0.05, 0.1) is 11.8 Å². The van der Waals surface area contributed by atoms with Crippen molar-refractivity contribution < 1.29 is 9.90 Å². The van der Waals surface area contributed by atoms with Gasteiger partial charge in [-0.1, -0.05) is 33.8 Å². The van der Waals surface area contributed by atoms with Gasteiger partial charge in [-0.2, -0.15) is 0 Å². The summed E-state index contributed by atoms with van der Waals surface area (Å²) in [4.78, 5) is 16.6. The number of rotatable bonds is 7. The maximum absolute atomic E-state index is 12.0. The third kappa shape index (κ3) is 4.95. The van der Waals surface area contributed by atoms with E-state index in [4.69, 9.17) is 0 Å². The lowest BCUT2D eigenvalue weighted by Gasteiger charge is -2.33. The topological polar surface area (TPSA) is 78.7 Å². The highest BCUT2D eigenvalue weighted by atomic mass is 16.3. The van der Waals surface area contributed by atoms with E-state index in [1.807, 2.05) is 63.5 Å². The van der Waals surface area contributed by atoms with Crippen molar-refractivity contribution in [3.05, 3.63) is 35.8 Å². The zero-order chi connectivity index (χ0) is 18.6. The Morgan fingerprint density at radius 1 is 1.36 bits per heavy atom. The van der Waals surface area contributed by atoms with Crippen LogP contribution in [0.25, 0.3) is 5.65 Å². The first-order valence-corrected chi connectivity index (χ1v) is 8.83. The normalized spacial score (nSPS) is 13.2. The van der Waals surface area contributed by atoms with Gasteiger partial charge in [-0.05, 0) is 24.5 Å². The van der Waals surface area contributed by atoms with Gasteiger partial charge in [0.15, 0.2) is 0 Å². The van der Waals surface area contributed by atoms with Crippen LogP contribution in [0.1, 0.15) is 39.0 Å². The number of fused-ring (bicyclic) bond motifs is 1. The molecule has 0 aromatic carbocycles. The number of aliphatic hydroxyl groups is 1. The Hall–Kier alpha value is -2.08. The SMILES string of the molecule is Cc1cccn2cc(CCNC(=O)NCC(C)(C)C(O)C(C)C)nc12. The summed E-state index contributed by atoms with van der Waals surface area (Å²) in [5.74, 6) is 0.151. The monoisotopic (exact) mass is 346 g/mol. The van der Waals surface area contributed by atoms with E-state index < -0.39 is 6.10 Å². The molecule has 1 unspecified atom stereocenters. The standard InChI is InChI=1S/C19H30N4O2/c1-13(2)16(24)19(4,5)12-21-18(25)20-9-8-15-11-23-10-6-7-14(3)17(23)22-15/h6-7,10-11,13,16,24H,8-9,12H2,1-5H3,(H2,20,21,25). The number of aryl methyl sites for hydroxylation is 1. The summed E-state index contributed by atoms with van der Waals surface area (Å²) in [5.41, 5.74) is 2.66. The van der Waals surface area contributed by atoms with Crippen LogP contribution in [0.5, 0.6) is 0 Å². The van der Waals surface area contributed by atoms with Crippen LogP contribution < -0.4 is 10.6 Å². The van der Waals surface area contributed by atoms with Gasteiger partial charge in [-0.25, -0.2) is 9.78 Å². The second kappa shape index (κ2) is 7.87. The molecule has 0 aliphatic rings. The van der Waals surface area contributed by atoms with Crippen molar-refractivity contribution in [3.8, 4) is 0 Å². The van der Waals surface area contributed by atoms with Crippen LogP contribution in [0.4, 0.5) is 4.79 Å². The highest BCUT2D eigenvalue weighted by Crippen LogP contribution is 2.24. The average molecular weight is 346 g/mol. The first-order valence-electron chi connectivity index (χ1n) is 8.83. The Morgan fingerprint density at radius 3 is 2.72 bits per heavy atom. The third-order valence-corrected chi connectivity index (χ3v) is 4.53. The number of carbonyl (C=O) groups is 1. The molecule has 6 nitrogen and oxygen atoms in total. The molecule has 3 N–H and O–H groups in total. The zero-order valence-electron chi connectivity index (χ0n) is 15.8. The quantitative estimate of drug-likeness (QED) is 0.721. The zero-order valence-corrected chi connectivity index (χ0v) is 15.8. The predicted octanol–water partition coefficient (Wildman–Crippen LogP) is 2.53. The fraction of sp³-hybridized carbons (Fsp3) is 0.579. The average Bonchev–Trinajstić information content (AvgIpc) is 2.96. The summed E-state index contributed by atoms with van der Waals surface area (Å²) in [6.45, 7) is 10.8. The lowest BCUT2D eigenvalue weighted by molar-refractivity contribution is 0.0151. The number of imidazole rings is 1. The molecule has 0 bridgehead atoms. The molecule has 0 aliphatic heterocycles. The van der Waals surface area contributed by atoms with Gasteiger partial charge in [-0.3, -0.25) is 0 Å². The summed E-state index contributed by atoms with van der Waals surface area (Å²) in [6, 6.07) is 3.81. The first kappa shape index (κ1) is 19.2. The largest absolute Gasteiger partial charge is 0.392 e. The second-order valence-corrected chi connectivity index (χ2v) is 7.69. The molecule has 2 rings (SSSR count). The van der Waals surface area contributed by atoms with Crippen LogP contribution in [0, 0.1) is 18.3 Å². The van der Waals surface area contributed by atoms with E-state index in [-0.39, 0.29) is 17.4 Å². The van der Waals surface area contributed by atoms with Crippen molar-refractivity contribution in [3.63, 3.8) is 0 Å². The van der Waals surface area contributed by atoms with Gasteiger partial charge in [0.1, 0.15) is 5.65 Å². The first-order chi connectivity index (χ1) is 11.7. The molecular formula is C19H30N4O2. The van der Waals surface area contributed by atoms with E-state index in [2.05, 4.69) is 15.6 Å². The Labute approximate surface area is 149 Å². The molecule has 2 aromatic rings. The van der Waals surface area contributed by atoms with Gasteiger partial charge in [0.25, 0.3) is 0 Å². The molecule has 0 aliphatic carbocycles. The van der Waals surface area contributed by atoms with E-state index in [1.54, 1.807) is 0 Å². The number of aliphatic hydroxyl groups excluding tert-OH is 1. The number of hydrogen-bond acceptors (Lipinski definition) is 3. The molecule has 138 valence electrons. The van der Waals surface area contributed by atoms with Gasteiger partial charge >= 0.3 is 6.03 Å². The molecule has 6 heteroatoms. The van der Waals surface area contributed by atoms with Crippen molar-refractivity contribution >= 4 is 11.7 Å². The van der Waals surface area contributed by atoms with Crippen molar-refractivity contribution in [1.82, 2.24) is 20.0 Å². The van der Waals surface area contributed by atoms with Crippen molar-refractivity contribution in [1.29, 1.82) is 0 Å². The van der Waals surface area contributed by atoms with E-state index in [0.717, 1.165) is 16.9 Å². The number of nitrogens with zero attached hydrogens (tertiary/aromatic N) is 2. The van der Waals surface area contributed by atoms with E-state index >= 15 is 0 Å². The van der Waals surface area contributed by atoms with Crippen LogP contribution in [-0.2, 0) is 6.42 Å². The van der Waals surface area contributed by atoms with Gasteiger partial charge in [0.2, 0.25) is 0 Å². The second-order valence-electron chi connectivity index (χ2n) is 7.69. The molecule has 0 saturated heterocycles. The van der Waals surface area contributed by atoms with E-state index in [9.17, 15) is 9.90 Å². The minimum atomic E-state index is -0.464. The maximum atomic E-state index is 12.0. The van der Waals surface area contributed by atoms with Crippen LogP contribution in [0.15, 0.2) is 24.5 Å². The number of nitrogens with one attached hydrogen (secondary N) is 2. The van der Waals surface area contributed by atoms with Crippen LogP contribution in [0.3, 0.4) is 0 Å². The smallest absolute Gasteiger partial charge is 0.314 e. The molecule has 0 spiro atoms. The lowest BCUT2D eigenvalue weighted by Crippen LogP contribution is -2.46.